The molecule has 0 saturated heterocycles. The Bertz CT molecular complexity index is 1150. The summed E-state index contributed by atoms with van der Waals surface area (Å²) in [5, 5.41) is 10.3. The fourth-order valence-electron chi connectivity index (χ4n) is 4.16. The van der Waals surface area contributed by atoms with Crippen molar-refractivity contribution in [3.05, 3.63) is 65.6 Å². The minimum absolute atomic E-state index is 0.115. The van der Waals surface area contributed by atoms with Gasteiger partial charge in [-0.1, -0.05) is 12.1 Å². The van der Waals surface area contributed by atoms with E-state index in [0.717, 1.165) is 36.0 Å². The van der Waals surface area contributed by atoms with Crippen molar-refractivity contribution in [1.29, 1.82) is 0 Å². The van der Waals surface area contributed by atoms with E-state index in [1.165, 1.54) is 17.7 Å². The fourth-order valence-corrected chi connectivity index (χ4v) is 4.16. The van der Waals surface area contributed by atoms with Crippen LogP contribution in [-0.2, 0) is 0 Å². The van der Waals surface area contributed by atoms with E-state index in [-0.39, 0.29) is 17.5 Å². The number of ether oxygens (including phenoxy) is 2. The van der Waals surface area contributed by atoms with Gasteiger partial charge in [-0.15, -0.1) is 0 Å². The number of aromatic carboxylic acids is 1. The monoisotopic (exact) mass is 408 g/mol. The summed E-state index contributed by atoms with van der Waals surface area (Å²) in [6.45, 7) is 2.59. The number of carboxylic acid groups (broad SMARTS) is 1. The highest BCUT2D eigenvalue weighted by molar-refractivity contribution is 5.93. The molecule has 0 fully saturated rings. The number of fused-ring (bicyclic) bond motifs is 2. The fraction of sp³-hybridized carbons (Fsp3) is 0.261. The second kappa shape index (κ2) is 7.50. The molecule has 0 amide bonds. The topological polar surface area (TPSA) is 74.8 Å². The number of benzene rings is 2. The molecule has 1 aromatic heterocycles. The molecule has 1 atom stereocenters. The lowest BCUT2D eigenvalue weighted by Crippen LogP contribution is -2.42. The van der Waals surface area contributed by atoms with Crippen molar-refractivity contribution in [2.45, 2.75) is 12.5 Å². The van der Waals surface area contributed by atoms with Crippen molar-refractivity contribution >= 4 is 22.4 Å². The summed E-state index contributed by atoms with van der Waals surface area (Å²) in [6, 6.07) is 9.68. The van der Waals surface area contributed by atoms with Gasteiger partial charge in [-0.3, -0.25) is 4.90 Å². The second-order valence-corrected chi connectivity index (χ2v) is 7.62. The number of carbonyl (C=O) groups is 1. The Kier molecular flexibility index (Phi) is 4.67. The van der Waals surface area contributed by atoms with E-state index in [0.29, 0.717) is 24.7 Å². The third-order valence-corrected chi connectivity index (χ3v) is 5.66. The summed E-state index contributed by atoms with van der Waals surface area (Å²) < 4.78 is 25.4. The van der Waals surface area contributed by atoms with Crippen molar-refractivity contribution in [2.75, 3.05) is 26.2 Å². The van der Waals surface area contributed by atoms with Gasteiger partial charge in [0.15, 0.2) is 11.5 Å². The number of carboxylic acids is 1. The van der Waals surface area contributed by atoms with Crippen LogP contribution in [-0.4, -0.2) is 53.3 Å². The summed E-state index contributed by atoms with van der Waals surface area (Å²) >= 11 is 0. The third kappa shape index (κ3) is 3.41. The van der Waals surface area contributed by atoms with E-state index in [4.69, 9.17) is 9.47 Å². The van der Waals surface area contributed by atoms with Crippen LogP contribution in [0.4, 0.5) is 4.39 Å². The van der Waals surface area contributed by atoms with Crippen LogP contribution in [0.2, 0.25) is 0 Å². The van der Waals surface area contributed by atoms with E-state index in [1.807, 2.05) is 6.20 Å². The lowest BCUT2D eigenvalue weighted by Gasteiger charge is -2.33. The van der Waals surface area contributed by atoms with Gasteiger partial charge in [0, 0.05) is 42.3 Å². The van der Waals surface area contributed by atoms with Gasteiger partial charge in [0.05, 0.1) is 0 Å². The quantitative estimate of drug-likeness (QED) is 0.684. The highest BCUT2D eigenvalue weighted by Gasteiger charge is 2.28. The molecule has 2 N–H and O–H groups in total. The van der Waals surface area contributed by atoms with E-state index in [1.54, 1.807) is 24.3 Å². The van der Waals surface area contributed by atoms with Crippen LogP contribution in [0.25, 0.3) is 16.5 Å². The first kappa shape index (κ1) is 18.7. The number of halogens is 1. The van der Waals surface area contributed by atoms with Gasteiger partial charge in [0.25, 0.3) is 0 Å². The number of hydrogen-bond acceptors (Lipinski definition) is 4. The average molecular weight is 408 g/mol. The molecule has 0 saturated carbocycles. The summed E-state index contributed by atoms with van der Waals surface area (Å²) in [4.78, 5) is 16.9. The van der Waals surface area contributed by atoms with Crippen molar-refractivity contribution in [3.8, 4) is 11.5 Å². The molecule has 7 heteroatoms. The van der Waals surface area contributed by atoms with Gasteiger partial charge < -0.3 is 19.6 Å². The Morgan fingerprint density at radius 3 is 3.00 bits per heavy atom. The molecule has 0 aliphatic carbocycles. The summed E-state index contributed by atoms with van der Waals surface area (Å²) in [5.74, 6) is -0.498. The highest BCUT2D eigenvalue weighted by Crippen LogP contribution is 2.36. The SMILES string of the molecule is O=C(O)c1cccc2c1OC(CN1CC=C(c3c[nH]c4ccc(F)cc34)CC1)CO2. The van der Waals surface area contributed by atoms with Crippen molar-refractivity contribution in [2.24, 2.45) is 0 Å². The molecule has 2 aliphatic rings. The molecule has 0 radical (unpaired) electrons. The van der Waals surface area contributed by atoms with Gasteiger partial charge in [-0.2, -0.15) is 0 Å². The van der Waals surface area contributed by atoms with Crippen LogP contribution in [0.5, 0.6) is 11.5 Å². The van der Waals surface area contributed by atoms with Crippen LogP contribution in [0.15, 0.2) is 48.7 Å². The van der Waals surface area contributed by atoms with Crippen LogP contribution in [0.1, 0.15) is 22.3 Å². The normalized spacial score (nSPS) is 19.0. The smallest absolute Gasteiger partial charge is 0.339 e. The molecular weight excluding hydrogens is 387 g/mol. The first-order chi connectivity index (χ1) is 14.6. The van der Waals surface area contributed by atoms with E-state index < -0.39 is 5.97 Å². The van der Waals surface area contributed by atoms with E-state index in [9.17, 15) is 14.3 Å². The number of hydrogen-bond donors (Lipinski definition) is 2. The number of para-hydroxylation sites is 1. The van der Waals surface area contributed by atoms with Crippen LogP contribution in [0, 0.1) is 5.82 Å². The van der Waals surface area contributed by atoms with Crippen LogP contribution in [0.3, 0.4) is 0 Å². The summed E-state index contributed by atoms with van der Waals surface area (Å²) in [5.41, 5.74) is 3.28. The number of aromatic amines is 1. The third-order valence-electron chi connectivity index (χ3n) is 5.66. The molecular formula is C23H21FN2O4. The Morgan fingerprint density at radius 1 is 1.30 bits per heavy atom. The number of rotatable bonds is 4. The largest absolute Gasteiger partial charge is 0.486 e. The number of nitrogens with zero attached hydrogens (tertiary/aromatic N) is 1. The molecule has 5 rings (SSSR count). The molecule has 1 unspecified atom stereocenters. The lowest BCUT2D eigenvalue weighted by atomic mass is 9.98. The highest BCUT2D eigenvalue weighted by atomic mass is 19.1. The van der Waals surface area contributed by atoms with Crippen molar-refractivity contribution < 1.29 is 23.8 Å². The number of aromatic nitrogens is 1. The first-order valence-corrected chi connectivity index (χ1v) is 9.92. The first-order valence-electron chi connectivity index (χ1n) is 9.92. The zero-order valence-corrected chi connectivity index (χ0v) is 16.2. The minimum atomic E-state index is -1.03. The molecule has 3 aromatic rings. The molecule has 2 aliphatic heterocycles. The Hall–Kier alpha value is -3.32. The van der Waals surface area contributed by atoms with Crippen molar-refractivity contribution in [3.63, 3.8) is 0 Å². The number of nitrogens with one attached hydrogen (secondary N) is 1. The zero-order valence-electron chi connectivity index (χ0n) is 16.2. The summed E-state index contributed by atoms with van der Waals surface area (Å²) in [6.07, 6.45) is 4.70. The second-order valence-electron chi connectivity index (χ2n) is 7.62. The predicted octanol–water partition coefficient (Wildman–Crippen LogP) is 3.93. The molecule has 6 nitrogen and oxygen atoms in total. The van der Waals surface area contributed by atoms with Gasteiger partial charge >= 0.3 is 5.97 Å². The van der Waals surface area contributed by atoms with Crippen LogP contribution >= 0.6 is 0 Å². The molecule has 2 aromatic carbocycles. The van der Waals surface area contributed by atoms with Crippen LogP contribution < -0.4 is 9.47 Å². The zero-order chi connectivity index (χ0) is 20.7. The molecule has 3 heterocycles. The van der Waals surface area contributed by atoms with Gasteiger partial charge in [0.1, 0.15) is 24.1 Å². The maximum absolute atomic E-state index is 13.7. The molecule has 154 valence electrons. The Balaban J connectivity index is 1.28. The van der Waals surface area contributed by atoms with E-state index in [2.05, 4.69) is 16.0 Å². The van der Waals surface area contributed by atoms with Crippen molar-refractivity contribution in [1.82, 2.24) is 9.88 Å². The lowest BCUT2D eigenvalue weighted by molar-refractivity contribution is 0.0552. The van der Waals surface area contributed by atoms with Gasteiger partial charge in [-0.25, -0.2) is 9.18 Å². The van der Waals surface area contributed by atoms with E-state index >= 15 is 0 Å². The summed E-state index contributed by atoms with van der Waals surface area (Å²) in [7, 11) is 0. The Morgan fingerprint density at radius 2 is 2.20 bits per heavy atom. The minimum Gasteiger partial charge on any atom is -0.486 e. The van der Waals surface area contributed by atoms with Gasteiger partial charge in [0.2, 0.25) is 0 Å². The Labute approximate surface area is 172 Å². The maximum atomic E-state index is 13.7. The molecule has 0 bridgehead atoms. The standard InChI is InChI=1S/C23H21FN2O4/c24-15-4-5-20-18(10-15)19(11-25-20)14-6-8-26(9-7-14)12-16-13-29-21-3-1-2-17(23(27)28)22(21)30-16/h1-6,10-11,16,25H,7-9,12-13H2,(H,27,28). The maximum Gasteiger partial charge on any atom is 0.339 e. The number of H-pyrrole nitrogens is 1. The predicted molar refractivity (Wildman–Crippen MR) is 111 cm³/mol. The van der Waals surface area contributed by atoms with Gasteiger partial charge in [-0.05, 0) is 42.3 Å². The molecule has 0 spiro atoms. The molecule has 30 heavy (non-hydrogen) atoms. The average Bonchev–Trinajstić information content (AvgIpc) is 3.16.